The topological polar surface area (TPSA) is 66.6 Å². The van der Waals surface area contributed by atoms with Crippen LogP contribution in [0.4, 0.5) is 0 Å². The van der Waals surface area contributed by atoms with Gasteiger partial charge in [0, 0.05) is 25.2 Å². The SMILES string of the molecule is CC(N)c1cccc(S(=O)(=O)N2CCCC(N(C)C)C2)c1. The monoisotopic (exact) mass is 311 g/mol. The minimum absolute atomic E-state index is 0.170. The van der Waals surface area contributed by atoms with Crippen molar-refractivity contribution in [2.75, 3.05) is 27.2 Å². The largest absolute Gasteiger partial charge is 0.324 e. The fourth-order valence-corrected chi connectivity index (χ4v) is 4.24. The van der Waals surface area contributed by atoms with Crippen molar-refractivity contribution in [3.63, 3.8) is 0 Å². The Hall–Kier alpha value is -0.950. The van der Waals surface area contributed by atoms with E-state index in [4.69, 9.17) is 5.73 Å². The van der Waals surface area contributed by atoms with E-state index in [1.807, 2.05) is 27.1 Å². The van der Waals surface area contributed by atoms with Gasteiger partial charge in [-0.25, -0.2) is 8.42 Å². The molecule has 1 heterocycles. The van der Waals surface area contributed by atoms with Crippen LogP contribution in [0.25, 0.3) is 0 Å². The second-order valence-corrected chi connectivity index (χ2v) is 7.92. The van der Waals surface area contributed by atoms with Crippen LogP contribution in [0.2, 0.25) is 0 Å². The summed E-state index contributed by atoms with van der Waals surface area (Å²) in [5.74, 6) is 0. The van der Waals surface area contributed by atoms with E-state index in [2.05, 4.69) is 4.90 Å². The van der Waals surface area contributed by atoms with Gasteiger partial charge in [0.05, 0.1) is 4.90 Å². The Balaban J connectivity index is 2.27. The van der Waals surface area contributed by atoms with Crippen LogP contribution in [0.1, 0.15) is 31.4 Å². The first kappa shape index (κ1) is 16.4. The molecule has 1 aliphatic rings. The molecule has 0 aliphatic carbocycles. The number of hydrogen-bond acceptors (Lipinski definition) is 4. The fourth-order valence-electron chi connectivity index (χ4n) is 2.67. The highest BCUT2D eigenvalue weighted by Gasteiger charge is 2.31. The van der Waals surface area contributed by atoms with Crippen LogP contribution in [0.3, 0.4) is 0 Å². The molecule has 0 saturated carbocycles. The maximum absolute atomic E-state index is 12.8. The summed E-state index contributed by atoms with van der Waals surface area (Å²) >= 11 is 0. The smallest absolute Gasteiger partial charge is 0.243 e. The minimum atomic E-state index is -3.43. The molecule has 0 radical (unpaired) electrons. The molecule has 0 spiro atoms. The van der Waals surface area contributed by atoms with Crippen LogP contribution in [-0.4, -0.2) is 50.8 Å². The Bertz CT molecular complexity index is 584. The molecule has 6 heteroatoms. The van der Waals surface area contributed by atoms with Crippen LogP contribution in [0.5, 0.6) is 0 Å². The number of piperidine rings is 1. The van der Waals surface area contributed by atoms with Crippen LogP contribution in [0, 0.1) is 0 Å². The fraction of sp³-hybridized carbons (Fsp3) is 0.600. The highest BCUT2D eigenvalue weighted by atomic mass is 32.2. The molecule has 1 aliphatic heterocycles. The quantitative estimate of drug-likeness (QED) is 0.913. The molecule has 0 amide bonds. The molecule has 2 N–H and O–H groups in total. The van der Waals surface area contributed by atoms with Gasteiger partial charge in [-0.05, 0) is 51.6 Å². The molecule has 1 aromatic rings. The molecule has 1 aromatic carbocycles. The molecule has 5 nitrogen and oxygen atoms in total. The molecule has 0 bridgehead atoms. The van der Waals surface area contributed by atoms with Gasteiger partial charge >= 0.3 is 0 Å². The predicted molar refractivity (Wildman–Crippen MR) is 84.5 cm³/mol. The second kappa shape index (κ2) is 6.44. The standard InChI is InChI=1S/C15H25N3O2S/c1-12(16)13-6-4-8-15(10-13)21(19,20)18-9-5-7-14(11-18)17(2)3/h4,6,8,10,12,14H,5,7,9,11,16H2,1-3H3. The lowest BCUT2D eigenvalue weighted by molar-refractivity contribution is 0.190. The molecule has 2 rings (SSSR count). The average Bonchev–Trinajstić information content (AvgIpc) is 2.47. The molecule has 21 heavy (non-hydrogen) atoms. The molecule has 1 fully saturated rings. The van der Waals surface area contributed by atoms with E-state index < -0.39 is 10.0 Å². The first-order chi connectivity index (χ1) is 9.82. The van der Waals surface area contributed by atoms with Crippen LogP contribution in [0.15, 0.2) is 29.2 Å². The van der Waals surface area contributed by atoms with Crippen molar-refractivity contribution in [3.05, 3.63) is 29.8 Å². The number of nitrogens with two attached hydrogens (primary N) is 1. The Morgan fingerprint density at radius 1 is 1.38 bits per heavy atom. The Morgan fingerprint density at radius 2 is 2.10 bits per heavy atom. The van der Waals surface area contributed by atoms with E-state index in [9.17, 15) is 8.42 Å². The molecular formula is C15H25N3O2S. The zero-order valence-electron chi connectivity index (χ0n) is 13.0. The first-order valence-corrected chi connectivity index (χ1v) is 8.78. The third kappa shape index (κ3) is 3.63. The highest BCUT2D eigenvalue weighted by Crippen LogP contribution is 2.24. The van der Waals surface area contributed by atoms with Crippen molar-refractivity contribution >= 4 is 10.0 Å². The molecule has 1 saturated heterocycles. The summed E-state index contributed by atoms with van der Waals surface area (Å²) in [7, 11) is 0.562. The number of rotatable bonds is 4. The number of sulfonamides is 1. The number of nitrogens with zero attached hydrogens (tertiary/aromatic N) is 2. The third-order valence-corrected chi connectivity index (χ3v) is 5.97. The van der Waals surface area contributed by atoms with Gasteiger partial charge in [-0.2, -0.15) is 4.31 Å². The van der Waals surface area contributed by atoms with Crippen molar-refractivity contribution in [2.45, 2.75) is 36.7 Å². The van der Waals surface area contributed by atoms with E-state index >= 15 is 0 Å². The van der Waals surface area contributed by atoms with Gasteiger partial charge in [0.2, 0.25) is 10.0 Å². The summed E-state index contributed by atoms with van der Waals surface area (Å²) in [5.41, 5.74) is 6.70. The molecule has 2 unspecified atom stereocenters. The van der Waals surface area contributed by atoms with Gasteiger partial charge in [-0.3, -0.25) is 0 Å². The van der Waals surface area contributed by atoms with E-state index in [0.29, 0.717) is 18.0 Å². The summed E-state index contributed by atoms with van der Waals surface area (Å²) < 4.78 is 27.2. The lowest BCUT2D eigenvalue weighted by Gasteiger charge is -2.35. The summed E-state index contributed by atoms with van der Waals surface area (Å²) in [5, 5.41) is 0. The third-order valence-electron chi connectivity index (χ3n) is 4.11. The normalized spacial score (nSPS) is 22.4. The van der Waals surface area contributed by atoms with Gasteiger partial charge in [0.15, 0.2) is 0 Å². The van der Waals surface area contributed by atoms with Crippen molar-refractivity contribution in [1.82, 2.24) is 9.21 Å². The van der Waals surface area contributed by atoms with E-state index in [1.165, 1.54) is 0 Å². The van der Waals surface area contributed by atoms with Crippen molar-refractivity contribution in [1.29, 1.82) is 0 Å². The van der Waals surface area contributed by atoms with Crippen LogP contribution in [-0.2, 0) is 10.0 Å². The van der Waals surface area contributed by atoms with Crippen LogP contribution < -0.4 is 5.73 Å². The average molecular weight is 311 g/mol. The molecule has 118 valence electrons. The van der Waals surface area contributed by atoms with Crippen molar-refractivity contribution in [3.8, 4) is 0 Å². The summed E-state index contributed by atoms with van der Waals surface area (Å²) in [6.07, 6.45) is 1.94. The lowest BCUT2D eigenvalue weighted by atomic mass is 10.1. The maximum Gasteiger partial charge on any atom is 0.243 e. The van der Waals surface area contributed by atoms with E-state index in [0.717, 1.165) is 18.4 Å². The second-order valence-electron chi connectivity index (χ2n) is 5.98. The van der Waals surface area contributed by atoms with Gasteiger partial charge in [-0.1, -0.05) is 12.1 Å². The molecule has 0 aromatic heterocycles. The zero-order chi connectivity index (χ0) is 15.6. The Labute approximate surface area is 127 Å². The molecule has 2 atom stereocenters. The number of benzene rings is 1. The Morgan fingerprint density at radius 3 is 2.71 bits per heavy atom. The molecular weight excluding hydrogens is 286 g/mol. The number of hydrogen-bond donors (Lipinski definition) is 1. The van der Waals surface area contributed by atoms with E-state index in [-0.39, 0.29) is 12.1 Å². The van der Waals surface area contributed by atoms with Crippen LogP contribution >= 0.6 is 0 Å². The summed E-state index contributed by atoms with van der Waals surface area (Å²) in [6, 6.07) is 7.09. The van der Waals surface area contributed by atoms with E-state index in [1.54, 1.807) is 22.5 Å². The van der Waals surface area contributed by atoms with Gasteiger partial charge in [0.1, 0.15) is 0 Å². The first-order valence-electron chi connectivity index (χ1n) is 7.34. The maximum atomic E-state index is 12.8. The lowest BCUT2D eigenvalue weighted by Crippen LogP contribution is -2.47. The highest BCUT2D eigenvalue weighted by molar-refractivity contribution is 7.89. The zero-order valence-corrected chi connectivity index (χ0v) is 13.8. The minimum Gasteiger partial charge on any atom is -0.324 e. The van der Waals surface area contributed by atoms with Gasteiger partial charge in [-0.15, -0.1) is 0 Å². The van der Waals surface area contributed by atoms with Gasteiger partial charge < -0.3 is 10.6 Å². The number of likely N-dealkylation sites (N-methyl/N-ethyl adjacent to an activating group) is 1. The van der Waals surface area contributed by atoms with Crippen molar-refractivity contribution in [2.24, 2.45) is 5.73 Å². The van der Waals surface area contributed by atoms with Crippen molar-refractivity contribution < 1.29 is 8.42 Å². The summed E-state index contributed by atoms with van der Waals surface area (Å²) in [6.45, 7) is 3.00. The summed E-state index contributed by atoms with van der Waals surface area (Å²) in [4.78, 5) is 2.44. The Kier molecular flexibility index (Phi) is 5.03. The van der Waals surface area contributed by atoms with Gasteiger partial charge in [0.25, 0.3) is 0 Å². The predicted octanol–water partition coefficient (Wildman–Crippen LogP) is 1.42.